The third-order valence-electron chi connectivity index (χ3n) is 2.38. The van der Waals surface area contributed by atoms with Gasteiger partial charge in [-0.25, -0.2) is 4.79 Å². The maximum absolute atomic E-state index is 12.0. The van der Waals surface area contributed by atoms with Crippen LogP contribution in [-0.2, 0) is 4.74 Å². The summed E-state index contributed by atoms with van der Waals surface area (Å²) < 4.78 is 35.7. The normalized spacial score (nSPS) is 13.8. The van der Waals surface area contributed by atoms with Crippen molar-refractivity contribution >= 4 is 11.7 Å². The molecule has 4 heteroatoms. The molecule has 0 saturated carbocycles. The Kier molecular flexibility index (Phi) is 3.47. The van der Waals surface area contributed by atoms with Crippen molar-refractivity contribution in [2.24, 2.45) is 0 Å². The smallest absolute Gasteiger partial charge is 0.338 e. The van der Waals surface area contributed by atoms with Gasteiger partial charge in [-0.1, -0.05) is 13.8 Å². The molecule has 1 aromatic carbocycles. The lowest BCUT2D eigenvalue weighted by atomic mass is 10.2. The Balaban J connectivity index is 2.89. The molecule has 0 aliphatic heterocycles. The van der Waals surface area contributed by atoms with Crippen molar-refractivity contribution in [2.45, 2.75) is 13.8 Å². The van der Waals surface area contributed by atoms with Gasteiger partial charge in [-0.15, -0.1) is 0 Å². The second-order valence-electron chi connectivity index (χ2n) is 3.45. The van der Waals surface area contributed by atoms with E-state index in [1.165, 1.54) is 0 Å². The highest BCUT2D eigenvalue weighted by Gasteiger charge is 2.07. The summed E-state index contributed by atoms with van der Waals surface area (Å²) in [4.78, 5) is 14.0. The number of benzene rings is 1. The van der Waals surface area contributed by atoms with Crippen molar-refractivity contribution in [1.29, 1.82) is 0 Å². The molecule has 0 aliphatic rings. The predicted molar refractivity (Wildman–Crippen MR) is 68.9 cm³/mol. The van der Waals surface area contributed by atoms with Crippen LogP contribution in [-0.4, -0.2) is 37.1 Å². The molecule has 2 N–H and O–H groups in total. The van der Waals surface area contributed by atoms with Gasteiger partial charge in [0.2, 0.25) is 0 Å². The van der Waals surface area contributed by atoms with Crippen molar-refractivity contribution < 1.29 is 15.0 Å². The first-order valence-corrected chi connectivity index (χ1v) is 5.60. The van der Waals surface area contributed by atoms with E-state index in [4.69, 9.17) is 16.0 Å². The van der Waals surface area contributed by atoms with Gasteiger partial charge in [-0.3, -0.25) is 0 Å². The van der Waals surface area contributed by atoms with Crippen LogP contribution in [0.4, 0.5) is 5.69 Å². The summed E-state index contributed by atoms with van der Waals surface area (Å²) in [5.74, 6) is -0.862. The fraction of sp³-hybridized carbons (Fsp3) is 0.462. The van der Waals surface area contributed by atoms with Crippen molar-refractivity contribution in [2.75, 3.05) is 32.0 Å². The van der Waals surface area contributed by atoms with Gasteiger partial charge < -0.3 is 15.4 Å². The van der Waals surface area contributed by atoms with E-state index >= 15 is 0 Å². The second-order valence-corrected chi connectivity index (χ2v) is 3.45. The molecule has 0 aliphatic carbocycles. The molecular formula is C13H20N2O2. The average Bonchev–Trinajstić information content (AvgIpc) is 2.47. The number of hydrogen-bond donors (Lipinski definition) is 1. The quantitative estimate of drug-likeness (QED) is 0.608. The highest BCUT2D eigenvalue weighted by atomic mass is 16.5. The van der Waals surface area contributed by atoms with Crippen LogP contribution in [0.2, 0.25) is 0 Å². The third-order valence-corrected chi connectivity index (χ3v) is 2.38. The molecule has 0 spiro atoms. The third kappa shape index (κ3) is 4.44. The molecule has 1 aromatic rings. The van der Waals surface area contributed by atoms with E-state index in [0.717, 1.165) is 13.1 Å². The van der Waals surface area contributed by atoms with Crippen LogP contribution < -0.4 is 5.73 Å². The number of anilines is 1. The molecular weight excluding hydrogens is 216 g/mol. The molecule has 0 atom stereocenters. The summed E-state index contributed by atoms with van der Waals surface area (Å²) in [6.07, 6.45) is 0. The van der Waals surface area contributed by atoms with Crippen molar-refractivity contribution in [3.63, 3.8) is 0 Å². The van der Waals surface area contributed by atoms with Gasteiger partial charge in [0.05, 0.1) is 11.0 Å². The zero-order valence-corrected chi connectivity index (χ0v) is 10.2. The summed E-state index contributed by atoms with van der Waals surface area (Å²) >= 11 is 0. The first kappa shape index (κ1) is 8.53. The van der Waals surface area contributed by atoms with Crippen molar-refractivity contribution in [1.82, 2.24) is 4.90 Å². The lowest BCUT2D eigenvalue weighted by Crippen LogP contribution is -2.27. The van der Waals surface area contributed by atoms with Gasteiger partial charge in [0.25, 0.3) is 0 Å². The number of hydrogen-bond acceptors (Lipinski definition) is 4. The molecule has 0 unspecified atom stereocenters. The number of nitrogen functional groups attached to an aromatic ring is 1. The molecule has 0 aromatic heterocycles. The summed E-state index contributed by atoms with van der Waals surface area (Å²) in [6, 6.07) is -1.79. The van der Waals surface area contributed by atoms with Gasteiger partial charge in [-0.05, 0) is 37.3 Å². The zero-order valence-electron chi connectivity index (χ0n) is 14.2. The molecule has 0 bridgehead atoms. The van der Waals surface area contributed by atoms with Crippen LogP contribution in [0.1, 0.15) is 29.7 Å². The largest absolute Gasteiger partial charge is 0.461 e. The predicted octanol–water partition coefficient (Wildman–Crippen LogP) is 1.77. The topological polar surface area (TPSA) is 55.6 Å². The maximum atomic E-state index is 12.0. The number of carbonyl (C=O) groups is 1. The molecule has 0 fully saturated rings. The van der Waals surface area contributed by atoms with Gasteiger partial charge >= 0.3 is 5.97 Å². The molecule has 17 heavy (non-hydrogen) atoms. The van der Waals surface area contributed by atoms with Gasteiger partial charge in [0.1, 0.15) is 6.61 Å². The second kappa shape index (κ2) is 6.91. The molecule has 0 heterocycles. The zero-order chi connectivity index (χ0) is 16.2. The number of nitrogens with zero attached hydrogens (tertiary/aromatic N) is 1. The minimum Gasteiger partial charge on any atom is -0.461 e. The number of nitrogens with two attached hydrogens (primary N) is 1. The van der Waals surface area contributed by atoms with E-state index in [2.05, 4.69) is 4.90 Å². The molecule has 0 saturated heterocycles. The average molecular weight is 240 g/mol. The SMILES string of the molecule is [2H]c1c([2H])c(C(=O)OCCN(CC)CC)c([2H])c([2H])c1N. The highest BCUT2D eigenvalue weighted by Crippen LogP contribution is 2.06. The summed E-state index contributed by atoms with van der Waals surface area (Å²) in [7, 11) is 0. The number of likely N-dealkylation sites (N-methyl/N-ethyl adjacent to an activating group) is 1. The minimum atomic E-state index is -0.862. The van der Waals surface area contributed by atoms with Crippen LogP contribution in [0.5, 0.6) is 0 Å². The van der Waals surface area contributed by atoms with E-state index < -0.39 is 30.1 Å². The van der Waals surface area contributed by atoms with E-state index in [1.807, 2.05) is 13.8 Å². The lowest BCUT2D eigenvalue weighted by Gasteiger charge is -2.17. The Morgan fingerprint density at radius 1 is 1.35 bits per heavy atom. The fourth-order valence-electron chi connectivity index (χ4n) is 1.30. The van der Waals surface area contributed by atoms with Gasteiger partial charge in [0, 0.05) is 12.2 Å². The molecule has 4 nitrogen and oxygen atoms in total. The Labute approximate surface area is 108 Å². The lowest BCUT2D eigenvalue weighted by molar-refractivity contribution is 0.0466. The summed E-state index contributed by atoms with van der Waals surface area (Å²) in [5, 5.41) is 0. The van der Waals surface area contributed by atoms with Crippen LogP contribution in [0, 0.1) is 0 Å². The Morgan fingerprint density at radius 3 is 2.47 bits per heavy atom. The summed E-state index contributed by atoms with van der Waals surface area (Å²) in [6.45, 7) is 6.33. The van der Waals surface area contributed by atoms with Crippen LogP contribution in [0.15, 0.2) is 24.2 Å². The first-order valence-electron chi connectivity index (χ1n) is 7.60. The van der Waals surface area contributed by atoms with Crippen LogP contribution in [0.25, 0.3) is 0 Å². The number of carbonyl (C=O) groups excluding carboxylic acids is 1. The maximum Gasteiger partial charge on any atom is 0.338 e. The van der Waals surface area contributed by atoms with E-state index in [9.17, 15) is 4.79 Å². The minimum absolute atomic E-state index is 0.129. The Hall–Kier alpha value is -1.55. The van der Waals surface area contributed by atoms with Crippen molar-refractivity contribution in [3.8, 4) is 0 Å². The van der Waals surface area contributed by atoms with Gasteiger partial charge in [0.15, 0.2) is 0 Å². The monoisotopic (exact) mass is 240 g/mol. The Morgan fingerprint density at radius 2 is 1.94 bits per heavy atom. The number of rotatable bonds is 6. The number of ether oxygens (including phenoxy) is 1. The fourth-order valence-corrected chi connectivity index (χ4v) is 1.30. The Bertz CT molecular complexity index is 504. The number of esters is 1. The molecule has 0 radical (unpaired) electrons. The van der Waals surface area contributed by atoms with E-state index in [-0.39, 0.29) is 17.9 Å². The highest BCUT2D eigenvalue weighted by molar-refractivity contribution is 5.89. The van der Waals surface area contributed by atoms with E-state index in [1.54, 1.807) is 0 Å². The molecule has 94 valence electrons. The first-order chi connectivity index (χ1) is 9.84. The van der Waals surface area contributed by atoms with Crippen molar-refractivity contribution in [3.05, 3.63) is 29.7 Å². The van der Waals surface area contributed by atoms with Crippen LogP contribution >= 0.6 is 0 Å². The summed E-state index contributed by atoms with van der Waals surface area (Å²) in [5.41, 5.74) is 4.81. The molecule has 0 amide bonds. The van der Waals surface area contributed by atoms with Gasteiger partial charge in [-0.2, -0.15) is 0 Å². The molecule has 1 rings (SSSR count). The van der Waals surface area contributed by atoms with Crippen LogP contribution in [0.3, 0.4) is 0 Å². The standard InChI is InChI=1S/C13H20N2O2/c1-3-15(4-2)9-10-17-13(16)11-5-7-12(14)8-6-11/h5-8H,3-4,9-10,14H2,1-2H3/i5D,6D,7D,8D. The van der Waals surface area contributed by atoms with E-state index in [0.29, 0.717) is 6.54 Å².